The minimum Gasteiger partial charge on any atom is -0.376 e. The first-order chi connectivity index (χ1) is 9.60. The van der Waals surface area contributed by atoms with Gasteiger partial charge >= 0.3 is 0 Å². The fourth-order valence-corrected chi connectivity index (χ4v) is 2.83. The lowest BCUT2D eigenvalue weighted by Gasteiger charge is -2.34. The molecule has 0 aliphatic carbocycles. The van der Waals surface area contributed by atoms with Gasteiger partial charge in [0, 0.05) is 25.7 Å². The predicted molar refractivity (Wildman–Crippen MR) is 84.2 cm³/mol. The predicted octanol–water partition coefficient (Wildman–Crippen LogP) is 2.67. The molecule has 1 aliphatic rings. The Morgan fingerprint density at radius 1 is 1.35 bits per heavy atom. The van der Waals surface area contributed by atoms with E-state index in [2.05, 4.69) is 56.1 Å². The summed E-state index contributed by atoms with van der Waals surface area (Å²) in [4.78, 5) is 2.51. The molecule has 1 aromatic carbocycles. The summed E-state index contributed by atoms with van der Waals surface area (Å²) < 4.78 is 5.63. The standard InChI is InChI=1S/C17H28N2O/c1-5-18-17(12-19-8-9-20-15(4)11-19)16-7-6-13(2)14(3)10-16/h6-7,10,15,17-18H,5,8-9,11-12H2,1-4H3. The molecule has 3 nitrogen and oxygen atoms in total. The van der Waals surface area contributed by atoms with E-state index < -0.39 is 0 Å². The highest BCUT2D eigenvalue weighted by molar-refractivity contribution is 5.32. The molecular weight excluding hydrogens is 248 g/mol. The number of benzene rings is 1. The molecule has 1 aliphatic heterocycles. The van der Waals surface area contributed by atoms with E-state index >= 15 is 0 Å². The second kappa shape index (κ2) is 7.21. The SMILES string of the molecule is CCNC(CN1CCOC(C)C1)c1ccc(C)c(C)c1. The van der Waals surface area contributed by atoms with E-state index in [0.29, 0.717) is 12.1 Å². The molecule has 112 valence electrons. The van der Waals surface area contributed by atoms with Crippen LogP contribution in [0.2, 0.25) is 0 Å². The third-order valence-corrected chi connectivity index (χ3v) is 4.15. The summed E-state index contributed by atoms with van der Waals surface area (Å²) >= 11 is 0. The summed E-state index contributed by atoms with van der Waals surface area (Å²) in [6, 6.07) is 7.23. The first-order valence-electron chi connectivity index (χ1n) is 7.74. The maximum atomic E-state index is 5.63. The van der Waals surface area contributed by atoms with E-state index in [1.54, 1.807) is 0 Å². The van der Waals surface area contributed by atoms with E-state index in [1.165, 1.54) is 16.7 Å². The number of rotatable bonds is 5. The van der Waals surface area contributed by atoms with Gasteiger partial charge in [-0.15, -0.1) is 0 Å². The molecule has 0 aromatic heterocycles. The van der Waals surface area contributed by atoms with Crippen molar-refractivity contribution in [3.8, 4) is 0 Å². The van der Waals surface area contributed by atoms with Crippen molar-refractivity contribution in [3.63, 3.8) is 0 Å². The van der Waals surface area contributed by atoms with Gasteiger partial charge in [0.25, 0.3) is 0 Å². The second-order valence-electron chi connectivity index (χ2n) is 5.89. The third kappa shape index (κ3) is 4.05. The van der Waals surface area contributed by atoms with Crippen molar-refractivity contribution in [2.24, 2.45) is 0 Å². The van der Waals surface area contributed by atoms with Gasteiger partial charge in [-0.1, -0.05) is 25.1 Å². The summed E-state index contributed by atoms with van der Waals surface area (Å²) in [5, 5.41) is 3.63. The zero-order valence-corrected chi connectivity index (χ0v) is 13.3. The van der Waals surface area contributed by atoms with E-state index in [1.807, 2.05) is 0 Å². The number of nitrogens with one attached hydrogen (secondary N) is 1. The van der Waals surface area contributed by atoms with E-state index in [0.717, 1.165) is 32.8 Å². The van der Waals surface area contributed by atoms with Crippen molar-refractivity contribution in [2.45, 2.75) is 39.8 Å². The average Bonchev–Trinajstić information content (AvgIpc) is 2.41. The summed E-state index contributed by atoms with van der Waals surface area (Å²) in [7, 11) is 0. The highest BCUT2D eigenvalue weighted by atomic mass is 16.5. The maximum absolute atomic E-state index is 5.63. The molecule has 3 heteroatoms. The molecule has 2 atom stereocenters. The molecule has 2 rings (SSSR count). The van der Waals surface area contributed by atoms with Gasteiger partial charge in [-0.3, -0.25) is 4.90 Å². The third-order valence-electron chi connectivity index (χ3n) is 4.15. The monoisotopic (exact) mass is 276 g/mol. The Morgan fingerprint density at radius 3 is 2.80 bits per heavy atom. The van der Waals surface area contributed by atoms with Gasteiger partial charge in [-0.25, -0.2) is 0 Å². The number of morpholine rings is 1. The van der Waals surface area contributed by atoms with Gasteiger partial charge in [0.2, 0.25) is 0 Å². The Hall–Kier alpha value is -0.900. The molecule has 1 saturated heterocycles. The Morgan fingerprint density at radius 2 is 2.15 bits per heavy atom. The minimum atomic E-state index is 0.353. The van der Waals surface area contributed by atoms with Crippen LogP contribution in [0.3, 0.4) is 0 Å². The Kier molecular flexibility index (Phi) is 5.58. The van der Waals surface area contributed by atoms with Crippen molar-refractivity contribution in [1.29, 1.82) is 0 Å². The molecule has 1 fully saturated rings. The summed E-state index contributed by atoms with van der Waals surface area (Å²) in [6.07, 6.45) is 0.353. The zero-order valence-electron chi connectivity index (χ0n) is 13.3. The topological polar surface area (TPSA) is 24.5 Å². The lowest BCUT2D eigenvalue weighted by Crippen LogP contribution is -2.45. The van der Waals surface area contributed by atoms with Gasteiger partial charge < -0.3 is 10.1 Å². The van der Waals surface area contributed by atoms with Gasteiger partial charge in [-0.2, -0.15) is 0 Å². The van der Waals surface area contributed by atoms with Crippen molar-refractivity contribution in [1.82, 2.24) is 10.2 Å². The molecule has 0 saturated carbocycles. The van der Waals surface area contributed by atoms with Gasteiger partial charge in [0.15, 0.2) is 0 Å². The first kappa shape index (κ1) is 15.5. The molecule has 0 bridgehead atoms. The van der Waals surface area contributed by atoms with E-state index in [-0.39, 0.29) is 0 Å². The number of likely N-dealkylation sites (N-methyl/N-ethyl adjacent to an activating group) is 1. The van der Waals surface area contributed by atoms with Crippen LogP contribution in [0.5, 0.6) is 0 Å². The second-order valence-corrected chi connectivity index (χ2v) is 5.89. The smallest absolute Gasteiger partial charge is 0.0674 e. The van der Waals surface area contributed by atoms with Crippen LogP contribution in [-0.2, 0) is 4.74 Å². The zero-order chi connectivity index (χ0) is 14.5. The van der Waals surface area contributed by atoms with Gasteiger partial charge in [0.1, 0.15) is 0 Å². The van der Waals surface area contributed by atoms with Crippen molar-refractivity contribution >= 4 is 0 Å². The highest BCUT2D eigenvalue weighted by Gasteiger charge is 2.21. The van der Waals surface area contributed by atoms with Crippen LogP contribution in [0.1, 0.15) is 36.6 Å². The van der Waals surface area contributed by atoms with Crippen LogP contribution in [0, 0.1) is 13.8 Å². The van der Waals surface area contributed by atoms with Crippen LogP contribution in [0.25, 0.3) is 0 Å². The number of hydrogen-bond acceptors (Lipinski definition) is 3. The van der Waals surface area contributed by atoms with Crippen LogP contribution < -0.4 is 5.32 Å². The van der Waals surface area contributed by atoms with E-state index in [9.17, 15) is 0 Å². The Bertz CT molecular complexity index is 433. The normalized spacial score (nSPS) is 21.9. The van der Waals surface area contributed by atoms with Gasteiger partial charge in [-0.05, 0) is 44.0 Å². The number of aryl methyl sites for hydroxylation is 2. The number of ether oxygens (including phenoxy) is 1. The molecule has 1 aromatic rings. The lowest BCUT2D eigenvalue weighted by molar-refractivity contribution is -0.0210. The van der Waals surface area contributed by atoms with Crippen LogP contribution >= 0.6 is 0 Å². The molecule has 0 radical (unpaired) electrons. The lowest BCUT2D eigenvalue weighted by atomic mass is 10.0. The van der Waals surface area contributed by atoms with Crippen LogP contribution in [0.4, 0.5) is 0 Å². The molecule has 0 spiro atoms. The Labute approximate surface area is 123 Å². The van der Waals surface area contributed by atoms with Crippen molar-refractivity contribution in [3.05, 3.63) is 34.9 Å². The Balaban J connectivity index is 2.07. The highest BCUT2D eigenvalue weighted by Crippen LogP contribution is 2.19. The number of hydrogen-bond donors (Lipinski definition) is 1. The molecule has 1 heterocycles. The van der Waals surface area contributed by atoms with Gasteiger partial charge in [0.05, 0.1) is 12.7 Å². The van der Waals surface area contributed by atoms with E-state index in [4.69, 9.17) is 4.74 Å². The number of nitrogens with zero attached hydrogens (tertiary/aromatic N) is 1. The maximum Gasteiger partial charge on any atom is 0.0674 e. The largest absolute Gasteiger partial charge is 0.376 e. The quantitative estimate of drug-likeness (QED) is 0.895. The fraction of sp³-hybridized carbons (Fsp3) is 0.647. The first-order valence-corrected chi connectivity index (χ1v) is 7.74. The molecule has 0 amide bonds. The van der Waals surface area contributed by atoms with Crippen LogP contribution in [0.15, 0.2) is 18.2 Å². The molecule has 2 unspecified atom stereocenters. The summed E-state index contributed by atoms with van der Waals surface area (Å²) in [5.41, 5.74) is 4.14. The van der Waals surface area contributed by atoms with Crippen LogP contribution in [-0.4, -0.2) is 43.8 Å². The molecular formula is C17H28N2O. The van der Waals surface area contributed by atoms with Crippen molar-refractivity contribution < 1.29 is 4.74 Å². The molecule has 1 N–H and O–H groups in total. The minimum absolute atomic E-state index is 0.353. The summed E-state index contributed by atoms with van der Waals surface area (Å²) in [6.45, 7) is 13.7. The fourth-order valence-electron chi connectivity index (χ4n) is 2.83. The average molecular weight is 276 g/mol. The summed E-state index contributed by atoms with van der Waals surface area (Å²) in [5.74, 6) is 0. The molecule has 20 heavy (non-hydrogen) atoms. The van der Waals surface area contributed by atoms with Crippen molar-refractivity contribution in [2.75, 3.05) is 32.8 Å².